The van der Waals surface area contributed by atoms with Crippen LogP contribution in [-0.2, 0) is 27.9 Å². The van der Waals surface area contributed by atoms with Crippen LogP contribution >= 0.6 is 11.8 Å². The summed E-state index contributed by atoms with van der Waals surface area (Å²) in [6.07, 6.45) is 1.14. The van der Waals surface area contributed by atoms with Crippen molar-refractivity contribution in [3.05, 3.63) is 65.7 Å². The molecular weight excluding hydrogens is 453 g/mol. The summed E-state index contributed by atoms with van der Waals surface area (Å²) >= 11 is 1.17. The smallest absolute Gasteiger partial charge is 0.234 e. The molecule has 0 aliphatic carbocycles. The highest BCUT2D eigenvalue weighted by molar-refractivity contribution is 7.99. The molecule has 0 unspecified atom stereocenters. The van der Waals surface area contributed by atoms with Crippen molar-refractivity contribution in [2.45, 2.75) is 32.1 Å². The molecule has 0 aliphatic heterocycles. The third kappa shape index (κ3) is 6.07. The van der Waals surface area contributed by atoms with Crippen molar-refractivity contribution >= 4 is 39.1 Å². The van der Waals surface area contributed by atoms with Gasteiger partial charge in [-0.3, -0.25) is 9.10 Å². The van der Waals surface area contributed by atoms with Crippen LogP contribution in [-0.4, -0.2) is 41.1 Å². The summed E-state index contributed by atoms with van der Waals surface area (Å²) in [5, 5.41) is 11.4. The Bertz CT molecular complexity index is 1200. The van der Waals surface area contributed by atoms with E-state index in [0.29, 0.717) is 28.9 Å². The topological polar surface area (TPSA) is 97.2 Å². The monoisotopic (exact) mass is 477 g/mol. The van der Waals surface area contributed by atoms with Gasteiger partial charge >= 0.3 is 0 Å². The fraction of sp³-hybridized carbons (Fsp3) is 0.286. The first kappa shape index (κ1) is 23.7. The average Bonchev–Trinajstić information content (AvgIpc) is 3.12. The van der Waals surface area contributed by atoms with Gasteiger partial charge in [-0.05, 0) is 44.2 Å². The summed E-state index contributed by atoms with van der Waals surface area (Å²) in [6.45, 7) is 4.33. The van der Waals surface area contributed by atoms with Crippen LogP contribution < -0.4 is 9.62 Å². The third-order valence-electron chi connectivity index (χ3n) is 4.56. The van der Waals surface area contributed by atoms with Crippen molar-refractivity contribution in [2.24, 2.45) is 0 Å². The number of nitrogens with one attached hydrogen (secondary N) is 1. The molecule has 0 spiro atoms. The summed E-state index contributed by atoms with van der Waals surface area (Å²) in [6, 6.07) is 12.8. The molecule has 11 heteroatoms. The standard InChI is InChI=1S/C21H24FN5O3S2/c1-4-26-19(13-27(32(3,29)30)18-10-8-15(2)9-11-18)24-25-21(26)31-14-20(28)23-17-7-5-6-16(22)12-17/h5-12H,4,13-14H2,1-3H3,(H,23,28). The van der Waals surface area contributed by atoms with Gasteiger partial charge in [-0.2, -0.15) is 0 Å². The van der Waals surface area contributed by atoms with Gasteiger partial charge in [0.2, 0.25) is 15.9 Å². The van der Waals surface area contributed by atoms with Crippen LogP contribution in [0, 0.1) is 12.7 Å². The Hall–Kier alpha value is -2.92. The second-order valence-corrected chi connectivity index (χ2v) is 9.94. The molecule has 0 atom stereocenters. The Morgan fingerprint density at radius 3 is 2.53 bits per heavy atom. The fourth-order valence-electron chi connectivity index (χ4n) is 2.99. The van der Waals surface area contributed by atoms with Crippen molar-refractivity contribution in [1.82, 2.24) is 14.8 Å². The molecule has 0 bridgehead atoms. The van der Waals surface area contributed by atoms with Gasteiger partial charge in [0.1, 0.15) is 5.82 Å². The molecule has 3 aromatic rings. The Kier molecular flexibility index (Phi) is 7.52. The summed E-state index contributed by atoms with van der Waals surface area (Å²) in [4.78, 5) is 12.2. The van der Waals surface area contributed by atoms with E-state index in [4.69, 9.17) is 0 Å². The minimum atomic E-state index is -3.56. The number of halogens is 1. The van der Waals surface area contributed by atoms with E-state index in [1.165, 1.54) is 34.3 Å². The maximum absolute atomic E-state index is 13.3. The van der Waals surface area contributed by atoms with E-state index in [2.05, 4.69) is 15.5 Å². The number of aryl methyl sites for hydroxylation is 1. The summed E-state index contributed by atoms with van der Waals surface area (Å²) in [7, 11) is -3.56. The largest absolute Gasteiger partial charge is 0.325 e. The van der Waals surface area contributed by atoms with Crippen LogP contribution in [0.15, 0.2) is 53.7 Å². The summed E-state index contributed by atoms with van der Waals surface area (Å²) in [5.74, 6) is -0.242. The van der Waals surface area contributed by atoms with E-state index in [0.717, 1.165) is 11.8 Å². The number of thioether (sulfide) groups is 1. The number of rotatable bonds is 9. The molecule has 1 amide bonds. The Morgan fingerprint density at radius 1 is 1.19 bits per heavy atom. The lowest BCUT2D eigenvalue weighted by Crippen LogP contribution is -2.30. The second-order valence-electron chi connectivity index (χ2n) is 7.10. The van der Waals surface area contributed by atoms with Crippen LogP contribution in [0.1, 0.15) is 18.3 Å². The maximum Gasteiger partial charge on any atom is 0.234 e. The molecule has 0 saturated carbocycles. The molecule has 3 rings (SSSR count). The number of hydrogen-bond donors (Lipinski definition) is 1. The first-order valence-electron chi connectivity index (χ1n) is 9.82. The summed E-state index contributed by atoms with van der Waals surface area (Å²) < 4.78 is 41.2. The number of carbonyl (C=O) groups is 1. The van der Waals surface area contributed by atoms with E-state index in [9.17, 15) is 17.6 Å². The van der Waals surface area contributed by atoms with E-state index in [1.54, 1.807) is 22.8 Å². The molecule has 32 heavy (non-hydrogen) atoms. The number of carbonyl (C=O) groups excluding carboxylic acids is 1. The maximum atomic E-state index is 13.3. The molecule has 1 aromatic heterocycles. The van der Waals surface area contributed by atoms with Gasteiger partial charge in [0, 0.05) is 12.2 Å². The predicted molar refractivity (Wildman–Crippen MR) is 124 cm³/mol. The van der Waals surface area contributed by atoms with Gasteiger partial charge < -0.3 is 9.88 Å². The molecule has 2 aromatic carbocycles. The highest BCUT2D eigenvalue weighted by Crippen LogP contribution is 2.23. The lowest BCUT2D eigenvalue weighted by atomic mass is 10.2. The van der Waals surface area contributed by atoms with Crippen molar-refractivity contribution in [1.29, 1.82) is 0 Å². The quantitative estimate of drug-likeness (QED) is 0.474. The zero-order valence-electron chi connectivity index (χ0n) is 17.9. The molecule has 0 saturated heterocycles. The lowest BCUT2D eigenvalue weighted by Gasteiger charge is -2.22. The highest BCUT2D eigenvalue weighted by atomic mass is 32.2. The van der Waals surface area contributed by atoms with Gasteiger partial charge in [-0.15, -0.1) is 10.2 Å². The second kappa shape index (κ2) is 10.1. The first-order valence-corrected chi connectivity index (χ1v) is 12.7. The Balaban J connectivity index is 1.73. The number of nitrogens with zero attached hydrogens (tertiary/aromatic N) is 4. The minimum absolute atomic E-state index is 0.0127. The molecule has 1 heterocycles. The number of sulfonamides is 1. The van der Waals surface area contributed by atoms with E-state index in [-0.39, 0.29) is 18.2 Å². The minimum Gasteiger partial charge on any atom is -0.325 e. The molecule has 0 aliphatic rings. The zero-order valence-corrected chi connectivity index (χ0v) is 19.6. The molecular formula is C21H24FN5O3S2. The molecule has 8 nitrogen and oxygen atoms in total. The fourth-order valence-corrected chi connectivity index (χ4v) is 4.67. The number of anilines is 2. The van der Waals surface area contributed by atoms with Gasteiger partial charge in [-0.25, -0.2) is 12.8 Å². The van der Waals surface area contributed by atoms with Gasteiger partial charge in [0.25, 0.3) is 0 Å². The number of aromatic nitrogens is 3. The zero-order chi connectivity index (χ0) is 23.3. The van der Waals surface area contributed by atoms with Crippen LogP contribution in [0.2, 0.25) is 0 Å². The van der Waals surface area contributed by atoms with Crippen LogP contribution in [0.3, 0.4) is 0 Å². The molecule has 170 valence electrons. The van der Waals surface area contributed by atoms with Gasteiger partial charge in [-0.1, -0.05) is 35.5 Å². The Morgan fingerprint density at radius 2 is 1.91 bits per heavy atom. The summed E-state index contributed by atoms with van der Waals surface area (Å²) in [5.41, 5.74) is 1.93. The van der Waals surface area contributed by atoms with Crippen molar-refractivity contribution in [3.8, 4) is 0 Å². The van der Waals surface area contributed by atoms with E-state index < -0.39 is 15.8 Å². The van der Waals surface area contributed by atoms with Crippen LogP contribution in [0.4, 0.5) is 15.8 Å². The van der Waals surface area contributed by atoms with E-state index >= 15 is 0 Å². The molecule has 0 fully saturated rings. The lowest BCUT2D eigenvalue weighted by molar-refractivity contribution is -0.113. The van der Waals surface area contributed by atoms with Crippen molar-refractivity contribution in [2.75, 3.05) is 21.6 Å². The SMILES string of the molecule is CCn1c(CN(c2ccc(C)cc2)S(C)(=O)=O)nnc1SCC(=O)Nc1cccc(F)c1. The molecule has 0 radical (unpaired) electrons. The van der Waals surface area contributed by atoms with Crippen LogP contribution in [0.25, 0.3) is 0 Å². The number of amides is 1. The van der Waals surface area contributed by atoms with Crippen molar-refractivity contribution < 1.29 is 17.6 Å². The number of benzene rings is 2. The van der Waals surface area contributed by atoms with Crippen molar-refractivity contribution in [3.63, 3.8) is 0 Å². The normalized spacial score (nSPS) is 11.4. The number of hydrogen-bond acceptors (Lipinski definition) is 6. The highest BCUT2D eigenvalue weighted by Gasteiger charge is 2.22. The van der Waals surface area contributed by atoms with Crippen LogP contribution in [0.5, 0.6) is 0 Å². The first-order chi connectivity index (χ1) is 15.2. The van der Waals surface area contributed by atoms with E-state index in [1.807, 2.05) is 26.0 Å². The average molecular weight is 478 g/mol. The Labute approximate surface area is 190 Å². The third-order valence-corrected chi connectivity index (χ3v) is 6.67. The molecule has 1 N–H and O–H groups in total. The predicted octanol–water partition coefficient (Wildman–Crippen LogP) is 3.44. The van der Waals surface area contributed by atoms with Gasteiger partial charge in [0.15, 0.2) is 11.0 Å². The van der Waals surface area contributed by atoms with Gasteiger partial charge in [0.05, 0.1) is 24.2 Å².